The Balaban J connectivity index is 0.00000225. The zero-order valence-electron chi connectivity index (χ0n) is 16.8. The molecular formula is C20H33ClN4O3. The number of aromatic nitrogens is 2. The summed E-state index contributed by atoms with van der Waals surface area (Å²) in [6.07, 6.45) is 9.37. The van der Waals surface area contributed by atoms with Crippen molar-refractivity contribution in [2.75, 3.05) is 33.4 Å². The monoisotopic (exact) mass is 412 g/mol. The molecule has 2 saturated heterocycles. The highest BCUT2D eigenvalue weighted by Gasteiger charge is 2.34. The molecule has 1 unspecified atom stereocenters. The van der Waals surface area contributed by atoms with Crippen LogP contribution in [0.25, 0.3) is 0 Å². The van der Waals surface area contributed by atoms with Gasteiger partial charge in [-0.25, -0.2) is 0 Å². The Morgan fingerprint density at radius 3 is 2.61 bits per heavy atom. The minimum atomic E-state index is 0. The first-order valence-electron chi connectivity index (χ1n) is 10.6. The predicted molar refractivity (Wildman–Crippen MR) is 107 cm³/mol. The molecule has 1 aliphatic carbocycles. The van der Waals surface area contributed by atoms with E-state index >= 15 is 0 Å². The van der Waals surface area contributed by atoms with E-state index in [1.54, 1.807) is 7.11 Å². The van der Waals surface area contributed by atoms with E-state index in [-0.39, 0.29) is 24.9 Å². The maximum Gasteiger partial charge on any atom is 0.248 e. The number of carbonyl (C=O) groups excluding carboxylic acids is 1. The quantitative estimate of drug-likeness (QED) is 0.715. The molecule has 1 aromatic rings. The molecule has 3 heterocycles. The van der Waals surface area contributed by atoms with Crippen molar-refractivity contribution in [1.82, 2.24) is 19.9 Å². The number of nitrogens with zero attached hydrogens (tertiary/aromatic N) is 4. The van der Waals surface area contributed by atoms with Crippen LogP contribution in [0.15, 0.2) is 4.52 Å². The highest BCUT2D eigenvalue weighted by atomic mass is 35.5. The molecule has 4 rings (SSSR count). The smallest absolute Gasteiger partial charge is 0.248 e. The number of rotatable bonds is 6. The Labute approximate surface area is 173 Å². The summed E-state index contributed by atoms with van der Waals surface area (Å²) in [6, 6.07) is 0.377. The minimum absolute atomic E-state index is 0. The molecule has 158 valence electrons. The van der Waals surface area contributed by atoms with Gasteiger partial charge in [0, 0.05) is 25.6 Å². The minimum Gasteiger partial charge on any atom is -0.375 e. The van der Waals surface area contributed by atoms with E-state index in [4.69, 9.17) is 9.26 Å². The average Bonchev–Trinajstić information content (AvgIpc) is 3.47. The largest absolute Gasteiger partial charge is 0.375 e. The van der Waals surface area contributed by atoms with Gasteiger partial charge >= 0.3 is 0 Å². The number of hydrogen-bond acceptors (Lipinski definition) is 6. The molecule has 3 aliphatic rings. The summed E-state index contributed by atoms with van der Waals surface area (Å²) in [5.41, 5.74) is 0. The van der Waals surface area contributed by atoms with Crippen molar-refractivity contribution in [3.05, 3.63) is 11.7 Å². The van der Waals surface area contributed by atoms with Gasteiger partial charge in [-0.3, -0.25) is 9.69 Å². The number of ether oxygens (including phenoxy) is 1. The normalized spacial score (nSPS) is 24.6. The van der Waals surface area contributed by atoms with E-state index in [1.807, 2.05) is 0 Å². The zero-order chi connectivity index (χ0) is 18.6. The van der Waals surface area contributed by atoms with Crippen molar-refractivity contribution in [2.24, 2.45) is 5.92 Å². The Bertz CT molecular complexity index is 629. The predicted octanol–water partition coefficient (Wildman–Crippen LogP) is 3.00. The fourth-order valence-corrected chi connectivity index (χ4v) is 4.67. The molecule has 28 heavy (non-hydrogen) atoms. The van der Waals surface area contributed by atoms with E-state index < -0.39 is 0 Å². The lowest BCUT2D eigenvalue weighted by molar-refractivity contribution is -0.139. The number of carbonyl (C=O) groups is 1. The summed E-state index contributed by atoms with van der Waals surface area (Å²) in [5, 5.41) is 4.12. The zero-order valence-corrected chi connectivity index (χ0v) is 17.7. The standard InChI is InChI=1S/C20H32N4O3.ClH/c1-26-14-19(25)24-10-4-2-3-5-17(24)15-8-11-23(12-9-15)13-18-21-20(22-27-18)16-6-7-16;/h15-17H,2-14H2,1H3;1H. The van der Waals surface area contributed by atoms with E-state index in [2.05, 4.69) is 19.9 Å². The molecule has 2 aliphatic heterocycles. The van der Waals surface area contributed by atoms with Crippen molar-refractivity contribution in [2.45, 2.75) is 69.9 Å². The van der Waals surface area contributed by atoms with Crippen LogP contribution in [0.5, 0.6) is 0 Å². The van der Waals surface area contributed by atoms with Gasteiger partial charge in [0.2, 0.25) is 11.8 Å². The van der Waals surface area contributed by atoms with Gasteiger partial charge in [0.15, 0.2) is 5.82 Å². The summed E-state index contributed by atoms with van der Waals surface area (Å²) >= 11 is 0. The first kappa shape index (κ1) is 21.5. The van der Waals surface area contributed by atoms with Crippen LogP contribution < -0.4 is 0 Å². The van der Waals surface area contributed by atoms with Gasteiger partial charge < -0.3 is 14.2 Å². The molecule has 1 amide bonds. The SMILES string of the molecule is COCC(=O)N1CCCCCC1C1CCN(Cc2nc(C3CC3)no2)CC1.Cl. The summed E-state index contributed by atoms with van der Waals surface area (Å²) < 4.78 is 10.6. The molecule has 0 radical (unpaired) electrons. The molecule has 7 nitrogen and oxygen atoms in total. The van der Waals surface area contributed by atoms with Crippen LogP contribution >= 0.6 is 12.4 Å². The summed E-state index contributed by atoms with van der Waals surface area (Å²) in [6.45, 7) is 3.92. The molecule has 3 fully saturated rings. The lowest BCUT2D eigenvalue weighted by Gasteiger charge is -2.40. The van der Waals surface area contributed by atoms with Crippen LogP contribution in [0.1, 0.15) is 69.0 Å². The maximum atomic E-state index is 12.5. The summed E-state index contributed by atoms with van der Waals surface area (Å²) in [7, 11) is 1.61. The highest BCUT2D eigenvalue weighted by Crippen LogP contribution is 2.38. The third kappa shape index (κ3) is 5.24. The van der Waals surface area contributed by atoms with Crippen LogP contribution in [0, 0.1) is 5.92 Å². The maximum absolute atomic E-state index is 12.5. The van der Waals surface area contributed by atoms with E-state index in [9.17, 15) is 4.79 Å². The van der Waals surface area contributed by atoms with Crippen LogP contribution in [0.3, 0.4) is 0 Å². The first-order chi connectivity index (χ1) is 13.2. The molecule has 0 N–H and O–H groups in total. The molecular weight excluding hydrogens is 380 g/mol. The van der Waals surface area contributed by atoms with Crippen molar-refractivity contribution in [3.63, 3.8) is 0 Å². The first-order valence-corrected chi connectivity index (χ1v) is 10.6. The number of methoxy groups -OCH3 is 1. The molecule has 1 aromatic heterocycles. The van der Waals surface area contributed by atoms with E-state index in [0.29, 0.717) is 17.9 Å². The number of halogens is 1. The molecule has 8 heteroatoms. The summed E-state index contributed by atoms with van der Waals surface area (Å²) in [4.78, 5) is 21.6. The number of amides is 1. The molecule has 0 bridgehead atoms. The number of hydrogen-bond donors (Lipinski definition) is 0. The third-order valence-electron chi connectivity index (χ3n) is 6.35. The lowest BCUT2D eigenvalue weighted by atomic mass is 9.86. The Morgan fingerprint density at radius 1 is 1.11 bits per heavy atom. The number of likely N-dealkylation sites (tertiary alicyclic amines) is 2. The molecule has 0 spiro atoms. The van der Waals surface area contributed by atoms with Crippen molar-refractivity contribution in [1.29, 1.82) is 0 Å². The molecule has 1 saturated carbocycles. The highest BCUT2D eigenvalue weighted by molar-refractivity contribution is 5.85. The Hall–Kier alpha value is -1.18. The molecule has 0 aromatic carbocycles. The second-order valence-corrected chi connectivity index (χ2v) is 8.37. The van der Waals surface area contributed by atoms with Gasteiger partial charge in [-0.1, -0.05) is 18.0 Å². The average molecular weight is 413 g/mol. The van der Waals surface area contributed by atoms with Crippen molar-refractivity contribution in [3.8, 4) is 0 Å². The van der Waals surface area contributed by atoms with Gasteiger partial charge in [0.05, 0.1) is 6.54 Å². The summed E-state index contributed by atoms with van der Waals surface area (Å²) in [5.74, 6) is 2.93. The fourth-order valence-electron chi connectivity index (χ4n) is 4.67. The topological polar surface area (TPSA) is 71.7 Å². The Kier molecular flexibility index (Phi) is 7.71. The third-order valence-corrected chi connectivity index (χ3v) is 6.35. The Morgan fingerprint density at radius 2 is 1.89 bits per heavy atom. The second kappa shape index (κ2) is 10.0. The van der Waals surface area contributed by atoms with Crippen molar-refractivity contribution >= 4 is 18.3 Å². The van der Waals surface area contributed by atoms with Crippen LogP contribution in [-0.4, -0.2) is 65.2 Å². The second-order valence-electron chi connectivity index (χ2n) is 8.37. The lowest BCUT2D eigenvalue weighted by Crippen LogP contribution is -2.48. The van der Waals surface area contributed by atoms with Gasteiger partial charge in [-0.2, -0.15) is 4.98 Å². The van der Waals surface area contributed by atoms with Crippen LogP contribution in [0.2, 0.25) is 0 Å². The van der Waals surface area contributed by atoms with Crippen molar-refractivity contribution < 1.29 is 14.1 Å². The van der Waals surface area contributed by atoms with Gasteiger partial charge in [-0.15, -0.1) is 12.4 Å². The van der Waals surface area contributed by atoms with Gasteiger partial charge in [-0.05, 0) is 57.5 Å². The van der Waals surface area contributed by atoms with Gasteiger partial charge in [0.25, 0.3) is 0 Å². The van der Waals surface area contributed by atoms with Crippen LogP contribution in [0.4, 0.5) is 0 Å². The molecule has 1 atom stereocenters. The van der Waals surface area contributed by atoms with Gasteiger partial charge in [0.1, 0.15) is 6.61 Å². The van der Waals surface area contributed by atoms with E-state index in [1.165, 1.54) is 25.7 Å². The van der Waals surface area contributed by atoms with Crippen LogP contribution in [-0.2, 0) is 16.1 Å². The number of piperidine rings is 1. The fraction of sp³-hybridized carbons (Fsp3) is 0.850. The van der Waals surface area contributed by atoms with E-state index in [0.717, 1.165) is 63.6 Å².